The van der Waals surface area contributed by atoms with Gasteiger partial charge in [0.15, 0.2) is 0 Å². The van der Waals surface area contributed by atoms with Gasteiger partial charge in [0.2, 0.25) is 11.5 Å². The number of aryl methyl sites for hydroxylation is 1. The molecule has 1 heterocycles. The van der Waals surface area contributed by atoms with Crippen LogP contribution in [0.4, 0.5) is 0 Å². The minimum Gasteiger partial charge on any atom is -0.352 e. The molecule has 2 rings (SSSR count). The van der Waals surface area contributed by atoms with Crippen LogP contribution in [0.5, 0.6) is 0 Å². The SMILES string of the molecule is CNCC(=O)c1onc2c1CCCC2. The van der Waals surface area contributed by atoms with Gasteiger partial charge in [-0.05, 0) is 32.7 Å². The molecule has 1 aliphatic rings. The minimum atomic E-state index is 0.00292. The van der Waals surface area contributed by atoms with Gasteiger partial charge in [0, 0.05) is 5.56 Å². The number of nitrogens with one attached hydrogen (secondary N) is 1. The van der Waals surface area contributed by atoms with Crippen molar-refractivity contribution in [2.45, 2.75) is 25.7 Å². The van der Waals surface area contributed by atoms with Crippen molar-refractivity contribution in [3.63, 3.8) is 0 Å². The van der Waals surface area contributed by atoms with E-state index >= 15 is 0 Å². The van der Waals surface area contributed by atoms with Crippen LogP contribution in [0.15, 0.2) is 4.52 Å². The number of ketones is 1. The second kappa shape index (κ2) is 3.92. The van der Waals surface area contributed by atoms with E-state index in [0.717, 1.165) is 36.9 Å². The molecule has 0 amide bonds. The zero-order valence-corrected chi connectivity index (χ0v) is 8.30. The Morgan fingerprint density at radius 3 is 3.07 bits per heavy atom. The highest BCUT2D eigenvalue weighted by Crippen LogP contribution is 2.23. The van der Waals surface area contributed by atoms with E-state index in [0.29, 0.717) is 12.3 Å². The molecule has 0 unspecified atom stereocenters. The van der Waals surface area contributed by atoms with Crippen molar-refractivity contribution in [1.29, 1.82) is 0 Å². The summed E-state index contributed by atoms with van der Waals surface area (Å²) in [4.78, 5) is 11.6. The molecular weight excluding hydrogens is 180 g/mol. The summed E-state index contributed by atoms with van der Waals surface area (Å²) in [5.74, 6) is 0.470. The number of likely N-dealkylation sites (N-methyl/N-ethyl adjacent to an activating group) is 1. The monoisotopic (exact) mass is 194 g/mol. The molecule has 0 atom stereocenters. The summed E-state index contributed by atoms with van der Waals surface area (Å²) < 4.78 is 5.09. The summed E-state index contributed by atoms with van der Waals surface area (Å²) in [6, 6.07) is 0. The van der Waals surface area contributed by atoms with Gasteiger partial charge < -0.3 is 9.84 Å². The molecule has 0 spiro atoms. The largest absolute Gasteiger partial charge is 0.352 e. The van der Waals surface area contributed by atoms with Crippen LogP contribution in [0.2, 0.25) is 0 Å². The van der Waals surface area contributed by atoms with Crippen LogP contribution in [-0.2, 0) is 12.8 Å². The molecule has 0 saturated heterocycles. The van der Waals surface area contributed by atoms with Gasteiger partial charge in [0.05, 0.1) is 12.2 Å². The van der Waals surface area contributed by atoms with E-state index in [4.69, 9.17) is 4.52 Å². The number of rotatable bonds is 3. The fourth-order valence-electron chi connectivity index (χ4n) is 1.85. The quantitative estimate of drug-likeness (QED) is 0.728. The third kappa shape index (κ3) is 1.57. The molecule has 4 heteroatoms. The van der Waals surface area contributed by atoms with Crippen LogP contribution in [0.1, 0.15) is 34.7 Å². The number of aromatic nitrogens is 1. The fourth-order valence-corrected chi connectivity index (χ4v) is 1.85. The first-order chi connectivity index (χ1) is 6.83. The molecular formula is C10H14N2O2. The van der Waals surface area contributed by atoms with Crippen molar-refractivity contribution in [2.75, 3.05) is 13.6 Å². The van der Waals surface area contributed by atoms with Gasteiger partial charge in [-0.1, -0.05) is 5.16 Å². The third-order valence-corrected chi connectivity index (χ3v) is 2.55. The van der Waals surface area contributed by atoms with E-state index in [1.54, 1.807) is 7.05 Å². The van der Waals surface area contributed by atoms with Gasteiger partial charge in [-0.15, -0.1) is 0 Å². The lowest BCUT2D eigenvalue weighted by Crippen LogP contribution is -2.19. The molecule has 0 fully saturated rings. The first-order valence-corrected chi connectivity index (χ1v) is 4.98. The zero-order chi connectivity index (χ0) is 9.97. The van der Waals surface area contributed by atoms with E-state index in [1.807, 2.05) is 0 Å². The fraction of sp³-hybridized carbons (Fsp3) is 0.600. The first-order valence-electron chi connectivity index (χ1n) is 4.98. The van der Waals surface area contributed by atoms with Gasteiger partial charge in [0.1, 0.15) is 0 Å². The summed E-state index contributed by atoms with van der Waals surface area (Å²) in [5.41, 5.74) is 2.02. The second-order valence-corrected chi connectivity index (χ2v) is 3.60. The lowest BCUT2D eigenvalue weighted by molar-refractivity contribution is 0.0957. The van der Waals surface area contributed by atoms with E-state index in [1.165, 1.54) is 0 Å². The number of carbonyl (C=O) groups excluding carboxylic acids is 1. The van der Waals surface area contributed by atoms with E-state index in [2.05, 4.69) is 10.5 Å². The predicted molar refractivity (Wildman–Crippen MR) is 51.4 cm³/mol. The van der Waals surface area contributed by atoms with Gasteiger partial charge in [-0.2, -0.15) is 0 Å². The van der Waals surface area contributed by atoms with E-state index < -0.39 is 0 Å². The van der Waals surface area contributed by atoms with E-state index in [-0.39, 0.29) is 5.78 Å². The Morgan fingerprint density at radius 1 is 1.50 bits per heavy atom. The molecule has 0 bridgehead atoms. The van der Waals surface area contributed by atoms with Gasteiger partial charge in [-0.25, -0.2) is 0 Å². The number of hydrogen-bond donors (Lipinski definition) is 1. The zero-order valence-electron chi connectivity index (χ0n) is 8.30. The second-order valence-electron chi connectivity index (χ2n) is 3.60. The summed E-state index contributed by atoms with van der Waals surface area (Å²) in [7, 11) is 1.75. The molecule has 4 nitrogen and oxygen atoms in total. The lowest BCUT2D eigenvalue weighted by atomic mass is 9.95. The number of hydrogen-bond acceptors (Lipinski definition) is 4. The topological polar surface area (TPSA) is 55.1 Å². The number of Topliss-reactive ketones (excluding diaryl/α,β-unsaturated/α-hetero) is 1. The number of nitrogens with zero attached hydrogens (tertiary/aromatic N) is 1. The molecule has 14 heavy (non-hydrogen) atoms. The molecule has 1 N–H and O–H groups in total. The third-order valence-electron chi connectivity index (χ3n) is 2.55. The Bertz CT molecular complexity index is 344. The Morgan fingerprint density at radius 2 is 2.29 bits per heavy atom. The Kier molecular flexibility index (Phi) is 2.63. The van der Waals surface area contributed by atoms with Gasteiger partial charge in [0.25, 0.3) is 0 Å². The van der Waals surface area contributed by atoms with Crippen molar-refractivity contribution >= 4 is 5.78 Å². The normalized spacial score (nSPS) is 15.2. The Labute approximate surface area is 82.7 Å². The highest BCUT2D eigenvalue weighted by Gasteiger charge is 2.23. The van der Waals surface area contributed by atoms with Crippen LogP contribution in [0.25, 0.3) is 0 Å². The Balaban J connectivity index is 2.25. The maximum atomic E-state index is 11.6. The minimum absolute atomic E-state index is 0.00292. The maximum Gasteiger partial charge on any atom is 0.214 e. The average molecular weight is 194 g/mol. The highest BCUT2D eigenvalue weighted by atomic mass is 16.5. The Hall–Kier alpha value is -1.16. The highest BCUT2D eigenvalue weighted by molar-refractivity contribution is 5.96. The molecule has 1 aliphatic carbocycles. The van der Waals surface area contributed by atoms with Crippen molar-refractivity contribution < 1.29 is 9.32 Å². The smallest absolute Gasteiger partial charge is 0.214 e. The predicted octanol–water partition coefficient (Wildman–Crippen LogP) is 0.956. The lowest BCUT2D eigenvalue weighted by Gasteiger charge is -2.08. The summed E-state index contributed by atoms with van der Waals surface area (Å²) in [6.07, 6.45) is 4.17. The molecule has 0 aliphatic heterocycles. The molecule has 0 aromatic carbocycles. The van der Waals surface area contributed by atoms with Crippen LogP contribution in [-0.4, -0.2) is 24.5 Å². The molecule has 1 aromatic heterocycles. The first kappa shape index (κ1) is 9.40. The van der Waals surface area contributed by atoms with Gasteiger partial charge in [-0.3, -0.25) is 4.79 Å². The summed E-state index contributed by atoms with van der Waals surface area (Å²) >= 11 is 0. The van der Waals surface area contributed by atoms with Gasteiger partial charge >= 0.3 is 0 Å². The summed E-state index contributed by atoms with van der Waals surface area (Å²) in [6.45, 7) is 0.321. The van der Waals surface area contributed by atoms with Crippen LogP contribution in [0, 0.1) is 0 Å². The van der Waals surface area contributed by atoms with Crippen molar-refractivity contribution in [2.24, 2.45) is 0 Å². The van der Waals surface area contributed by atoms with Crippen molar-refractivity contribution in [3.8, 4) is 0 Å². The molecule has 0 saturated carbocycles. The number of fused-ring (bicyclic) bond motifs is 1. The molecule has 0 radical (unpaired) electrons. The van der Waals surface area contributed by atoms with Crippen molar-refractivity contribution in [3.05, 3.63) is 17.0 Å². The van der Waals surface area contributed by atoms with Crippen LogP contribution >= 0.6 is 0 Å². The number of carbonyl (C=O) groups is 1. The van der Waals surface area contributed by atoms with Crippen molar-refractivity contribution in [1.82, 2.24) is 10.5 Å². The van der Waals surface area contributed by atoms with Crippen LogP contribution < -0.4 is 5.32 Å². The molecule has 1 aromatic rings. The molecule has 76 valence electrons. The standard InChI is InChI=1S/C10H14N2O2/c1-11-6-9(13)10-7-4-2-3-5-8(7)12-14-10/h11H,2-6H2,1H3. The maximum absolute atomic E-state index is 11.6. The summed E-state index contributed by atoms with van der Waals surface area (Å²) in [5, 5.41) is 6.76. The van der Waals surface area contributed by atoms with Crippen LogP contribution in [0.3, 0.4) is 0 Å². The average Bonchev–Trinajstić information content (AvgIpc) is 2.61. The van der Waals surface area contributed by atoms with E-state index in [9.17, 15) is 4.79 Å².